The normalized spacial score (nSPS) is 11.9. The Hall–Kier alpha value is -1.78. The Morgan fingerprint density at radius 1 is 1.13 bits per heavy atom. The van der Waals surface area contributed by atoms with Crippen LogP contribution in [0, 0.1) is 6.92 Å². The first-order chi connectivity index (χ1) is 11.2. The van der Waals surface area contributed by atoms with E-state index in [9.17, 15) is 4.79 Å². The summed E-state index contributed by atoms with van der Waals surface area (Å²) in [5, 5.41) is 2.96. The van der Waals surface area contributed by atoms with Crippen LogP contribution in [0.5, 0.6) is 0 Å². The molecule has 3 nitrogen and oxygen atoms in total. The van der Waals surface area contributed by atoms with Gasteiger partial charge in [0.15, 0.2) is 0 Å². The van der Waals surface area contributed by atoms with Crippen molar-refractivity contribution in [2.24, 2.45) is 0 Å². The molecule has 4 heteroatoms. The van der Waals surface area contributed by atoms with Gasteiger partial charge in [-0.05, 0) is 23.6 Å². The van der Waals surface area contributed by atoms with Gasteiger partial charge >= 0.3 is 0 Å². The van der Waals surface area contributed by atoms with Crippen LogP contribution < -0.4 is 5.32 Å². The number of hydrogen-bond donors (Lipinski definition) is 1. The fourth-order valence-electron chi connectivity index (χ4n) is 2.36. The van der Waals surface area contributed by atoms with E-state index in [1.807, 2.05) is 36.4 Å². The third kappa shape index (κ3) is 5.73. The molecule has 0 aliphatic rings. The lowest BCUT2D eigenvalue weighted by Gasteiger charge is -2.18. The fourth-order valence-corrected chi connectivity index (χ4v) is 3.18. The van der Waals surface area contributed by atoms with Gasteiger partial charge in [-0.25, -0.2) is 0 Å². The molecule has 0 heterocycles. The van der Waals surface area contributed by atoms with Gasteiger partial charge in [0.25, 0.3) is 0 Å². The van der Waals surface area contributed by atoms with Gasteiger partial charge in [0, 0.05) is 19.4 Å². The van der Waals surface area contributed by atoms with E-state index in [0.29, 0.717) is 12.3 Å². The van der Waals surface area contributed by atoms with Crippen molar-refractivity contribution in [3.05, 3.63) is 71.3 Å². The Bertz CT molecular complexity index is 616. The van der Waals surface area contributed by atoms with E-state index < -0.39 is 0 Å². The number of methoxy groups -OCH3 is 1. The lowest BCUT2D eigenvalue weighted by molar-refractivity contribution is -0.119. The van der Waals surface area contributed by atoms with Gasteiger partial charge in [0.2, 0.25) is 5.91 Å². The Morgan fingerprint density at radius 3 is 2.52 bits per heavy atom. The lowest BCUT2D eigenvalue weighted by atomic mass is 10.0. The molecule has 122 valence electrons. The summed E-state index contributed by atoms with van der Waals surface area (Å²) in [6.45, 7) is 2.55. The average molecular weight is 329 g/mol. The van der Waals surface area contributed by atoms with Crippen molar-refractivity contribution >= 4 is 17.7 Å². The number of nitrogens with one attached hydrogen (secondary N) is 1. The monoisotopic (exact) mass is 329 g/mol. The second-order valence-corrected chi connectivity index (χ2v) is 6.35. The van der Waals surface area contributed by atoms with Crippen LogP contribution in [-0.2, 0) is 15.3 Å². The Labute approximate surface area is 142 Å². The number of carbonyl (C=O) groups is 1. The number of benzene rings is 2. The number of hydrogen-bond acceptors (Lipinski definition) is 3. The van der Waals surface area contributed by atoms with Crippen molar-refractivity contribution in [1.29, 1.82) is 0 Å². The zero-order valence-corrected chi connectivity index (χ0v) is 14.4. The number of ether oxygens (including phenoxy) is 1. The van der Waals surface area contributed by atoms with E-state index >= 15 is 0 Å². The van der Waals surface area contributed by atoms with Gasteiger partial charge in [-0.2, -0.15) is 0 Å². The van der Waals surface area contributed by atoms with Crippen LogP contribution in [0.3, 0.4) is 0 Å². The van der Waals surface area contributed by atoms with Crippen LogP contribution >= 0.6 is 11.8 Å². The first-order valence-corrected chi connectivity index (χ1v) is 8.83. The number of thioether (sulfide) groups is 1. The quantitative estimate of drug-likeness (QED) is 0.802. The maximum Gasteiger partial charge on any atom is 0.230 e. The summed E-state index contributed by atoms with van der Waals surface area (Å²) in [6.07, 6.45) is -0.112. The minimum absolute atomic E-state index is 0.0431. The van der Waals surface area contributed by atoms with Crippen molar-refractivity contribution in [3.63, 3.8) is 0 Å². The molecule has 2 rings (SSSR count). The highest BCUT2D eigenvalue weighted by molar-refractivity contribution is 7.99. The molecule has 0 aliphatic carbocycles. The molecule has 0 aliphatic heterocycles. The van der Waals surface area contributed by atoms with E-state index in [2.05, 4.69) is 30.4 Å². The molecule has 0 radical (unpaired) electrons. The zero-order chi connectivity index (χ0) is 16.5. The van der Waals surface area contributed by atoms with E-state index in [4.69, 9.17) is 4.74 Å². The van der Waals surface area contributed by atoms with E-state index in [1.165, 1.54) is 11.1 Å². The molecule has 0 spiro atoms. The maximum atomic E-state index is 12.0. The SMILES string of the molecule is CO[C@H](CNC(=O)CSCc1ccccc1)c1ccccc1C. The minimum atomic E-state index is -0.112. The molecule has 0 fully saturated rings. The Kier molecular flexibility index (Phi) is 7.17. The highest BCUT2D eigenvalue weighted by Crippen LogP contribution is 2.19. The summed E-state index contributed by atoms with van der Waals surface area (Å²) in [4.78, 5) is 12.0. The Balaban J connectivity index is 1.75. The van der Waals surface area contributed by atoms with Gasteiger partial charge in [-0.15, -0.1) is 11.8 Å². The summed E-state index contributed by atoms with van der Waals surface area (Å²) in [5.41, 5.74) is 3.53. The molecule has 2 aromatic rings. The van der Waals surface area contributed by atoms with Gasteiger partial charge in [0.05, 0.1) is 11.9 Å². The van der Waals surface area contributed by atoms with Gasteiger partial charge < -0.3 is 10.1 Å². The highest BCUT2D eigenvalue weighted by atomic mass is 32.2. The summed E-state index contributed by atoms with van der Waals surface area (Å²) in [7, 11) is 1.67. The summed E-state index contributed by atoms with van der Waals surface area (Å²) >= 11 is 1.62. The predicted octanol–water partition coefficient (Wildman–Crippen LogP) is 3.73. The van der Waals surface area contributed by atoms with Crippen LogP contribution in [-0.4, -0.2) is 25.3 Å². The smallest absolute Gasteiger partial charge is 0.230 e. The number of amides is 1. The molecule has 0 saturated carbocycles. The van der Waals surface area contributed by atoms with Crippen molar-refractivity contribution in [3.8, 4) is 0 Å². The molecule has 0 aromatic heterocycles. The van der Waals surface area contributed by atoms with Gasteiger partial charge in [-0.3, -0.25) is 4.79 Å². The first kappa shape index (κ1) is 17.6. The molecule has 1 atom stereocenters. The molecular weight excluding hydrogens is 306 g/mol. The van der Waals surface area contributed by atoms with Crippen molar-refractivity contribution < 1.29 is 9.53 Å². The topological polar surface area (TPSA) is 38.3 Å². The van der Waals surface area contributed by atoms with E-state index in [0.717, 1.165) is 11.3 Å². The maximum absolute atomic E-state index is 12.0. The lowest BCUT2D eigenvalue weighted by Crippen LogP contribution is -2.30. The highest BCUT2D eigenvalue weighted by Gasteiger charge is 2.13. The third-order valence-electron chi connectivity index (χ3n) is 3.65. The van der Waals surface area contributed by atoms with Crippen LogP contribution in [0.15, 0.2) is 54.6 Å². The molecule has 23 heavy (non-hydrogen) atoms. The van der Waals surface area contributed by atoms with Gasteiger partial charge in [0.1, 0.15) is 0 Å². The van der Waals surface area contributed by atoms with Crippen LogP contribution in [0.4, 0.5) is 0 Å². The summed E-state index contributed by atoms with van der Waals surface area (Å²) in [6, 6.07) is 18.3. The third-order valence-corrected chi connectivity index (χ3v) is 4.65. The van der Waals surface area contributed by atoms with Crippen LogP contribution in [0.2, 0.25) is 0 Å². The molecule has 2 aromatic carbocycles. The summed E-state index contributed by atoms with van der Waals surface area (Å²) < 4.78 is 5.52. The minimum Gasteiger partial charge on any atom is -0.375 e. The molecular formula is C19H23NO2S. The molecule has 1 N–H and O–H groups in total. The number of rotatable bonds is 8. The standard InChI is InChI=1S/C19H23NO2S/c1-15-8-6-7-11-17(15)18(22-2)12-20-19(21)14-23-13-16-9-4-3-5-10-16/h3-11,18H,12-14H2,1-2H3,(H,20,21)/t18-/m1/s1. The second kappa shape index (κ2) is 9.38. The van der Waals surface area contributed by atoms with Gasteiger partial charge in [-0.1, -0.05) is 54.6 Å². The number of carbonyl (C=O) groups excluding carboxylic acids is 1. The second-order valence-electron chi connectivity index (χ2n) is 5.36. The fraction of sp³-hybridized carbons (Fsp3) is 0.316. The van der Waals surface area contributed by atoms with Crippen molar-refractivity contribution in [2.75, 3.05) is 19.4 Å². The number of aryl methyl sites for hydroxylation is 1. The molecule has 0 unspecified atom stereocenters. The first-order valence-electron chi connectivity index (χ1n) is 7.67. The molecule has 0 bridgehead atoms. The molecule has 0 saturated heterocycles. The zero-order valence-electron chi connectivity index (χ0n) is 13.6. The van der Waals surface area contributed by atoms with Crippen molar-refractivity contribution in [2.45, 2.75) is 18.8 Å². The predicted molar refractivity (Wildman–Crippen MR) is 96.5 cm³/mol. The average Bonchev–Trinajstić information content (AvgIpc) is 2.58. The van der Waals surface area contributed by atoms with E-state index in [-0.39, 0.29) is 12.0 Å². The van der Waals surface area contributed by atoms with Crippen LogP contribution in [0.1, 0.15) is 22.8 Å². The summed E-state index contributed by atoms with van der Waals surface area (Å²) in [5.74, 6) is 1.35. The van der Waals surface area contributed by atoms with Crippen molar-refractivity contribution in [1.82, 2.24) is 5.32 Å². The van der Waals surface area contributed by atoms with Crippen LogP contribution in [0.25, 0.3) is 0 Å². The Morgan fingerprint density at radius 2 is 1.83 bits per heavy atom. The molecule has 1 amide bonds. The largest absolute Gasteiger partial charge is 0.375 e. The van der Waals surface area contributed by atoms with E-state index in [1.54, 1.807) is 18.9 Å².